The molecule has 0 aliphatic heterocycles. The van der Waals surface area contributed by atoms with Gasteiger partial charge in [0, 0.05) is 6.08 Å². The molecule has 0 saturated carbocycles. The van der Waals surface area contributed by atoms with Crippen LogP contribution in [0.25, 0.3) is 6.08 Å². The van der Waals surface area contributed by atoms with E-state index in [2.05, 4.69) is 0 Å². The van der Waals surface area contributed by atoms with Crippen LogP contribution in [0.4, 0.5) is 0 Å². The molecule has 0 aliphatic carbocycles. The molecule has 0 unspecified atom stereocenters. The minimum atomic E-state index is -0.954. The van der Waals surface area contributed by atoms with Crippen LogP contribution in [-0.4, -0.2) is 11.1 Å². The van der Waals surface area contributed by atoms with Crippen molar-refractivity contribution in [2.75, 3.05) is 0 Å². The molecule has 0 radical (unpaired) electrons. The lowest BCUT2D eigenvalue weighted by Gasteiger charge is -2.06. The summed E-state index contributed by atoms with van der Waals surface area (Å²) in [7, 11) is 0. The zero-order valence-electron chi connectivity index (χ0n) is 10.3. The van der Waals surface area contributed by atoms with E-state index in [0.29, 0.717) is 6.61 Å². The highest BCUT2D eigenvalue weighted by Gasteiger charge is 1.96. The van der Waals surface area contributed by atoms with E-state index < -0.39 is 5.97 Å². The Morgan fingerprint density at radius 3 is 2.37 bits per heavy atom. The van der Waals surface area contributed by atoms with Crippen LogP contribution < -0.4 is 4.74 Å². The molecule has 96 valence electrons. The van der Waals surface area contributed by atoms with Crippen molar-refractivity contribution in [3.05, 3.63) is 71.8 Å². The molecule has 0 spiro atoms. The van der Waals surface area contributed by atoms with Crippen LogP contribution in [0.15, 0.2) is 60.7 Å². The Morgan fingerprint density at radius 1 is 1.05 bits per heavy atom. The van der Waals surface area contributed by atoms with Crippen molar-refractivity contribution in [2.24, 2.45) is 0 Å². The zero-order chi connectivity index (χ0) is 13.5. The second-order valence-corrected chi connectivity index (χ2v) is 4.01. The Labute approximate surface area is 111 Å². The lowest BCUT2D eigenvalue weighted by Crippen LogP contribution is -1.94. The number of ether oxygens (including phenoxy) is 1. The molecule has 0 aliphatic rings. The van der Waals surface area contributed by atoms with Crippen molar-refractivity contribution in [2.45, 2.75) is 6.61 Å². The molecule has 0 fully saturated rings. The van der Waals surface area contributed by atoms with Crippen molar-refractivity contribution in [1.82, 2.24) is 0 Å². The smallest absolute Gasteiger partial charge is 0.328 e. The van der Waals surface area contributed by atoms with E-state index in [4.69, 9.17) is 9.84 Å². The number of hydrogen-bond acceptors (Lipinski definition) is 2. The summed E-state index contributed by atoms with van der Waals surface area (Å²) in [6.07, 6.45) is 2.66. The molecule has 1 N–H and O–H groups in total. The standard InChI is InChI=1S/C16H14O3/c17-16(18)11-8-13-6-9-15(10-7-13)19-12-14-4-2-1-3-5-14/h1-11H,12H2,(H,17,18)/b11-8-. The third-order valence-electron chi connectivity index (χ3n) is 2.55. The summed E-state index contributed by atoms with van der Waals surface area (Å²) in [4.78, 5) is 10.4. The van der Waals surface area contributed by atoms with Crippen LogP contribution in [0, 0.1) is 0 Å². The number of carbonyl (C=O) groups is 1. The third-order valence-corrected chi connectivity index (χ3v) is 2.55. The van der Waals surface area contributed by atoms with Gasteiger partial charge in [0.25, 0.3) is 0 Å². The summed E-state index contributed by atoms with van der Waals surface area (Å²) in [6.45, 7) is 0.519. The highest BCUT2D eigenvalue weighted by Crippen LogP contribution is 2.15. The highest BCUT2D eigenvalue weighted by atomic mass is 16.5. The van der Waals surface area contributed by atoms with Crippen LogP contribution in [0.3, 0.4) is 0 Å². The maximum Gasteiger partial charge on any atom is 0.328 e. The number of benzene rings is 2. The minimum absolute atomic E-state index is 0.519. The van der Waals surface area contributed by atoms with Gasteiger partial charge in [-0.15, -0.1) is 0 Å². The van der Waals surface area contributed by atoms with Crippen LogP contribution in [-0.2, 0) is 11.4 Å². The van der Waals surface area contributed by atoms with Gasteiger partial charge in [-0.2, -0.15) is 0 Å². The van der Waals surface area contributed by atoms with Crippen molar-refractivity contribution in [3.8, 4) is 5.75 Å². The first-order chi connectivity index (χ1) is 9.24. The minimum Gasteiger partial charge on any atom is -0.489 e. The average Bonchev–Trinajstić information content (AvgIpc) is 2.45. The zero-order valence-corrected chi connectivity index (χ0v) is 10.3. The molecule has 0 aromatic heterocycles. The predicted molar refractivity (Wildman–Crippen MR) is 73.9 cm³/mol. The second kappa shape index (κ2) is 6.40. The molecule has 19 heavy (non-hydrogen) atoms. The lowest BCUT2D eigenvalue weighted by atomic mass is 10.2. The topological polar surface area (TPSA) is 46.5 Å². The third kappa shape index (κ3) is 4.32. The van der Waals surface area contributed by atoms with Crippen molar-refractivity contribution < 1.29 is 14.6 Å². The number of rotatable bonds is 5. The summed E-state index contributed by atoms with van der Waals surface area (Å²) >= 11 is 0. The largest absolute Gasteiger partial charge is 0.489 e. The summed E-state index contributed by atoms with van der Waals surface area (Å²) in [6, 6.07) is 17.2. The quantitative estimate of drug-likeness (QED) is 0.832. The van der Waals surface area contributed by atoms with Crippen LogP contribution in [0.1, 0.15) is 11.1 Å². The maximum atomic E-state index is 10.4. The van der Waals surface area contributed by atoms with Gasteiger partial charge in [0.1, 0.15) is 12.4 Å². The molecular formula is C16H14O3. The molecule has 2 aromatic rings. The molecule has 0 amide bonds. The first-order valence-electron chi connectivity index (χ1n) is 5.92. The summed E-state index contributed by atoms with van der Waals surface area (Å²) in [5.41, 5.74) is 1.94. The number of carboxylic acid groups (broad SMARTS) is 1. The van der Waals surface area contributed by atoms with E-state index in [1.165, 1.54) is 0 Å². The van der Waals surface area contributed by atoms with Crippen LogP contribution >= 0.6 is 0 Å². The number of carboxylic acids is 1. The molecule has 0 heterocycles. The number of hydrogen-bond donors (Lipinski definition) is 1. The molecule has 0 atom stereocenters. The molecule has 2 aromatic carbocycles. The van der Waals surface area contributed by atoms with E-state index >= 15 is 0 Å². The van der Waals surface area contributed by atoms with E-state index in [1.807, 2.05) is 54.6 Å². The molecule has 0 saturated heterocycles. The van der Waals surface area contributed by atoms with Gasteiger partial charge >= 0.3 is 5.97 Å². The van der Waals surface area contributed by atoms with Crippen molar-refractivity contribution >= 4 is 12.0 Å². The van der Waals surface area contributed by atoms with Crippen LogP contribution in [0.2, 0.25) is 0 Å². The fourth-order valence-electron chi connectivity index (χ4n) is 1.58. The Morgan fingerprint density at radius 2 is 1.74 bits per heavy atom. The van der Waals surface area contributed by atoms with Gasteiger partial charge in [-0.1, -0.05) is 42.5 Å². The number of aliphatic carboxylic acids is 1. The van der Waals surface area contributed by atoms with Gasteiger partial charge in [-0.05, 0) is 29.3 Å². The van der Waals surface area contributed by atoms with Gasteiger partial charge in [-0.25, -0.2) is 4.79 Å². The van der Waals surface area contributed by atoms with E-state index in [1.54, 1.807) is 6.08 Å². The second-order valence-electron chi connectivity index (χ2n) is 4.01. The molecule has 0 bridgehead atoms. The monoisotopic (exact) mass is 254 g/mol. The Hall–Kier alpha value is -2.55. The highest BCUT2D eigenvalue weighted by molar-refractivity contribution is 5.85. The lowest BCUT2D eigenvalue weighted by molar-refractivity contribution is -0.131. The van der Waals surface area contributed by atoms with E-state index in [0.717, 1.165) is 23.0 Å². The van der Waals surface area contributed by atoms with E-state index in [-0.39, 0.29) is 0 Å². The Kier molecular flexibility index (Phi) is 4.34. The van der Waals surface area contributed by atoms with Gasteiger partial charge in [0.05, 0.1) is 0 Å². The molecular weight excluding hydrogens is 240 g/mol. The van der Waals surface area contributed by atoms with Gasteiger partial charge < -0.3 is 9.84 Å². The fraction of sp³-hybridized carbons (Fsp3) is 0.0625. The average molecular weight is 254 g/mol. The van der Waals surface area contributed by atoms with E-state index in [9.17, 15) is 4.79 Å². The predicted octanol–water partition coefficient (Wildman–Crippen LogP) is 3.36. The molecule has 3 nitrogen and oxygen atoms in total. The first-order valence-corrected chi connectivity index (χ1v) is 5.92. The Bertz CT molecular complexity index is 556. The SMILES string of the molecule is O=C(O)/C=C\c1ccc(OCc2ccccc2)cc1. The summed E-state index contributed by atoms with van der Waals surface area (Å²) < 4.78 is 5.63. The molecule has 3 heteroatoms. The normalized spacial score (nSPS) is 10.5. The first kappa shape index (κ1) is 12.9. The fourth-order valence-corrected chi connectivity index (χ4v) is 1.58. The maximum absolute atomic E-state index is 10.4. The van der Waals surface area contributed by atoms with Gasteiger partial charge in [-0.3, -0.25) is 0 Å². The summed E-state index contributed by atoms with van der Waals surface area (Å²) in [5.74, 6) is -0.194. The van der Waals surface area contributed by atoms with Crippen molar-refractivity contribution in [1.29, 1.82) is 0 Å². The van der Waals surface area contributed by atoms with Crippen molar-refractivity contribution in [3.63, 3.8) is 0 Å². The summed E-state index contributed by atoms with van der Waals surface area (Å²) in [5, 5.41) is 8.53. The molecule has 2 rings (SSSR count). The van der Waals surface area contributed by atoms with Gasteiger partial charge in [0.2, 0.25) is 0 Å². The van der Waals surface area contributed by atoms with Crippen LogP contribution in [0.5, 0.6) is 5.75 Å². The van der Waals surface area contributed by atoms with Gasteiger partial charge in [0.15, 0.2) is 0 Å². The Balaban J connectivity index is 1.94.